The van der Waals surface area contributed by atoms with Gasteiger partial charge in [0.15, 0.2) is 3.95 Å². The molecule has 0 radical (unpaired) electrons. The molecule has 4 rings (SSSR count). The van der Waals surface area contributed by atoms with Gasteiger partial charge in [0.1, 0.15) is 5.71 Å². The standard InChI is InChI=1S/C18H18N6O3S2/c1-21-5-7-22(8-6-21)23-17(25)15(29-18(23)28)10-13-11-19-20-16(13)12-3-2-4-14(9-12)24(26)27/h2-4,9-11,25H,5-8H2,1H3. The van der Waals surface area contributed by atoms with Crippen LogP contribution in [0.3, 0.4) is 0 Å². The Balaban J connectivity index is 1.66. The predicted octanol–water partition coefficient (Wildman–Crippen LogP) is 2.65. The fourth-order valence-electron chi connectivity index (χ4n) is 3.22. The summed E-state index contributed by atoms with van der Waals surface area (Å²) in [5.41, 5.74) is 1.74. The first-order valence-electron chi connectivity index (χ1n) is 8.90. The number of piperazine rings is 1. The number of benzene rings is 1. The molecule has 2 aliphatic rings. The second kappa shape index (κ2) is 7.85. The van der Waals surface area contributed by atoms with Crippen molar-refractivity contribution in [2.75, 3.05) is 38.2 Å². The second-order valence-corrected chi connectivity index (χ2v) is 8.40. The molecule has 0 spiro atoms. The largest absolute Gasteiger partial charge is 0.492 e. The number of nitro benzene ring substituents is 1. The van der Waals surface area contributed by atoms with Crippen molar-refractivity contribution in [2.45, 2.75) is 0 Å². The highest BCUT2D eigenvalue weighted by molar-refractivity contribution is 7.73. The zero-order valence-electron chi connectivity index (χ0n) is 15.6. The van der Waals surface area contributed by atoms with E-state index >= 15 is 0 Å². The quantitative estimate of drug-likeness (QED) is 0.455. The number of aromatic hydroxyl groups is 1. The van der Waals surface area contributed by atoms with Crippen LogP contribution in [0.4, 0.5) is 5.69 Å². The molecule has 11 heteroatoms. The maximum absolute atomic E-state index is 11.1. The summed E-state index contributed by atoms with van der Waals surface area (Å²) < 4.78 is 2.23. The summed E-state index contributed by atoms with van der Waals surface area (Å²) in [6, 6.07) is 6.23. The summed E-state index contributed by atoms with van der Waals surface area (Å²) in [4.78, 5) is 13.4. The maximum atomic E-state index is 11.1. The van der Waals surface area contributed by atoms with Crippen molar-refractivity contribution in [1.82, 2.24) is 9.58 Å². The number of thiazole rings is 1. The van der Waals surface area contributed by atoms with E-state index in [9.17, 15) is 15.2 Å². The topological polar surface area (TPSA) is 99.5 Å². The molecular formula is C18H18N6O3S2. The molecule has 0 atom stereocenters. The van der Waals surface area contributed by atoms with Crippen LogP contribution in [0.1, 0.15) is 10.4 Å². The fourth-order valence-corrected chi connectivity index (χ4v) is 4.53. The molecule has 0 aliphatic carbocycles. The van der Waals surface area contributed by atoms with E-state index in [0.29, 0.717) is 25.7 Å². The monoisotopic (exact) mass is 430 g/mol. The molecule has 1 fully saturated rings. The van der Waals surface area contributed by atoms with E-state index in [4.69, 9.17) is 12.2 Å². The highest BCUT2D eigenvalue weighted by Gasteiger charge is 2.22. The fraction of sp³-hybridized carbons (Fsp3) is 0.278. The lowest BCUT2D eigenvalue weighted by Crippen LogP contribution is -2.49. The lowest BCUT2D eigenvalue weighted by Gasteiger charge is -2.34. The number of hydrogen-bond acceptors (Lipinski definition) is 9. The predicted molar refractivity (Wildman–Crippen MR) is 116 cm³/mol. The number of aromatic nitrogens is 1. The lowest BCUT2D eigenvalue weighted by atomic mass is 10.0. The Kier molecular flexibility index (Phi) is 5.26. The Morgan fingerprint density at radius 3 is 2.79 bits per heavy atom. The number of rotatable bonds is 4. The molecule has 150 valence electrons. The minimum absolute atomic E-state index is 0.0174. The van der Waals surface area contributed by atoms with E-state index in [1.807, 2.05) is 5.01 Å². The van der Waals surface area contributed by atoms with Crippen molar-refractivity contribution in [1.29, 1.82) is 0 Å². The van der Waals surface area contributed by atoms with Gasteiger partial charge in [-0.1, -0.05) is 23.5 Å². The molecule has 0 amide bonds. The average molecular weight is 431 g/mol. The minimum atomic E-state index is -0.448. The zero-order chi connectivity index (χ0) is 20.5. The van der Waals surface area contributed by atoms with Crippen LogP contribution in [0.15, 0.2) is 40.0 Å². The van der Waals surface area contributed by atoms with E-state index in [1.165, 1.54) is 23.5 Å². The van der Waals surface area contributed by atoms with Crippen molar-refractivity contribution in [2.24, 2.45) is 10.2 Å². The number of non-ortho nitro benzene ring substituents is 1. The van der Waals surface area contributed by atoms with Gasteiger partial charge in [0, 0.05) is 49.4 Å². The number of allylic oxidation sites excluding steroid dienone is 1. The first kappa shape index (κ1) is 19.4. The third-order valence-electron chi connectivity index (χ3n) is 4.80. The van der Waals surface area contributed by atoms with Crippen LogP contribution in [-0.4, -0.2) is 64.8 Å². The summed E-state index contributed by atoms with van der Waals surface area (Å²) in [5.74, 6) is 0.0794. The van der Waals surface area contributed by atoms with Crippen LogP contribution in [0.2, 0.25) is 0 Å². The normalized spacial score (nSPS) is 18.4. The zero-order valence-corrected chi connectivity index (χ0v) is 17.2. The minimum Gasteiger partial charge on any atom is -0.492 e. The molecule has 1 saturated heterocycles. The van der Waals surface area contributed by atoms with Crippen molar-refractivity contribution >= 4 is 47.2 Å². The smallest absolute Gasteiger partial charge is 0.270 e. The van der Waals surface area contributed by atoms with E-state index < -0.39 is 4.92 Å². The van der Waals surface area contributed by atoms with Crippen LogP contribution < -0.4 is 5.01 Å². The highest BCUT2D eigenvalue weighted by atomic mass is 32.1. The SMILES string of the molecule is CN1CCN(n2c(O)c(C=C3C=NN=C3c3cccc([N+](=O)[O-])c3)sc2=S)CC1. The third-order valence-corrected chi connectivity index (χ3v) is 6.09. The summed E-state index contributed by atoms with van der Waals surface area (Å²) in [5, 5.41) is 32.0. The van der Waals surface area contributed by atoms with Gasteiger partial charge in [0.05, 0.1) is 16.0 Å². The van der Waals surface area contributed by atoms with Gasteiger partial charge in [-0.15, -0.1) is 5.10 Å². The molecular weight excluding hydrogens is 412 g/mol. The molecule has 1 aromatic carbocycles. The van der Waals surface area contributed by atoms with Gasteiger partial charge in [-0.05, 0) is 25.3 Å². The summed E-state index contributed by atoms with van der Waals surface area (Å²) in [6.45, 7) is 3.33. The van der Waals surface area contributed by atoms with Crippen molar-refractivity contribution in [3.05, 3.63) is 54.3 Å². The molecule has 0 bridgehead atoms. The molecule has 2 aliphatic heterocycles. The first-order chi connectivity index (χ1) is 13.9. The third kappa shape index (κ3) is 3.84. The van der Waals surface area contributed by atoms with E-state index in [2.05, 4.69) is 22.2 Å². The van der Waals surface area contributed by atoms with Gasteiger partial charge in [-0.2, -0.15) is 5.10 Å². The van der Waals surface area contributed by atoms with E-state index in [-0.39, 0.29) is 11.6 Å². The molecule has 2 aromatic rings. The van der Waals surface area contributed by atoms with Crippen LogP contribution in [0.5, 0.6) is 5.88 Å². The van der Waals surface area contributed by atoms with Gasteiger partial charge in [-0.25, -0.2) is 4.68 Å². The Morgan fingerprint density at radius 2 is 2.07 bits per heavy atom. The van der Waals surface area contributed by atoms with E-state index in [0.717, 1.165) is 26.2 Å². The number of hydrogen-bond donors (Lipinski definition) is 1. The van der Waals surface area contributed by atoms with Crippen LogP contribution in [-0.2, 0) is 0 Å². The summed E-state index contributed by atoms with van der Waals surface area (Å²) in [7, 11) is 2.06. The summed E-state index contributed by atoms with van der Waals surface area (Å²) in [6.07, 6.45) is 3.33. The lowest BCUT2D eigenvalue weighted by molar-refractivity contribution is -0.384. The number of likely N-dealkylation sites (N-methyl/N-ethyl adjacent to an activating group) is 1. The average Bonchev–Trinajstić information content (AvgIpc) is 3.27. The van der Waals surface area contributed by atoms with Gasteiger partial charge < -0.3 is 15.0 Å². The molecule has 0 saturated carbocycles. The molecule has 3 heterocycles. The molecule has 29 heavy (non-hydrogen) atoms. The van der Waals surface area contributed by atoms with Gasteiger partial charge in [-0.3, -0.25) is 10.1 Å². The molecule has 9 nitrogen and oxygen atoms in total. The van der Waals surface area contributed by atoms with Crippen molar-refractivity contribution in [3.63, 3.8) is 0 Å². The van der Waals surface area contributed by atoms with Crippen LogP contribution in [0, 0.1) is 14.1 Å². The van der Waals surface area contributed by atoms with Gasteiger partial charge >= 0.3 is 0 Å². The van der Waals surface area contributed by atoms with Crippen LogP contribution in [0.25, 0.3) is 6.08 Å². The van der Waals surface area contributed by atoms with Crippen LogP contribution >= 0.6 is 23.6 Å². The Morgan fingerprint density at radius 1 is 1.31 bits per heavy atom. The molecule has 1 aromatic heterocycles. The number of nitro groups is 1. The Bertz CT molecular complexity index is 1110. The maximum Gasteiger partial charge on any atom is 0.270 e. The first-order valence-corrected chi connectivity index (χ1v) is 10.1. The number of nitrogens with zero attached hydrogens (tertiary/aromatic N) is 6. The van der Waals surface area contributed by atoms with Crippen molar-refractivity contribution < 1.29 is 10.0 Å². The molecule has 1 N–H and O–H groups in total. The van der Waals surface area contributed by atoms with E-state index in [1.54, 1.807) is 29.1 Å². The molecule has 0 unspecified atom stereocenters. The van der Waals surface area contributed by atoms with Gasteiger partial charge in [0.25, 0.3) is 5.69 Å². The second-order valence-electron chi connectivity index (χ2n) is 6.72. The summed E-state index contributed by atoms with van der Waals surface area (Å²) >= 11 is 6.78. The highest BCUT2D eigenvalue weighted by Crippen LogP contribution is 2.30. The van der Waals surface area contributed by atoms with Gasteiger partial charge in [0.2, 0.25) is 5.88 Å². The Labute approximate surface area is 175 Å². The van der Waals surface area contributed by atoms with Crippen molar-refractivity contribution in [3.8, 4) is 5.88 Å². The Hall–Kier alpha value is -2.89.